The topological polar surface area (TPSA) is 3.24 Å². The quantitative estimate of drug-likeness (QED) is 0.189. The predicted molar refractivity (Wildman–Crippen MR) is 200 cm³/mol. The van der Waals surface area contributed by atoms with Crippen LogP contribution in [0, 0.1) is 0 Å². The van der Waals surface area contributed by atoms with Crippen LogP contribution in [0.2, 0.25) is 0 Å². The molecule has 0 unspecified atom stereocenters. The molecule has 0 saturated heterocycles. The second-order valence-corrected chi connectivity index (χ2v) is 12.9. The van der Waals surface area contributed by atoms with E-state index in [1.165, 1.54) is 64.0 Å². The average molecular weight is 604 g/mol. The Hall–Kier alpha value is -5.70. The van der Waals surface area contributed by atoms with Crippen LogP contribution in [0.25, 0.3) is 64.0 Å². The Bertz CT molecular complexity index is 2520. The minimum atomic E-state index is 1.12. The normalized spacial score (nSPS) is 11.5. The van der Waals surface area contributed by atoms with Crippen LogP contribution in [-0.4, -0.2) is 0 Å². The molecule has 0 aliphatic carbocycles. The van der Waals surface area contributed by atoms with Gasteiger partial charge in [0.05, 0.1) is 0 Å². The van der Waals surface area contributed by atoms with E-state index < -0.39 is 0 Å². The van der Waals surface area contributed by atoms with Gasteiger partial charge < -0.3 is 4.90 Å². The molecule has 0 spiro atoms. The van der Waals surface area contributed by atoms with E-state index in [9.17, 15) is 0 Å². The first-order valence-corrected chi connectivity index (χ1v) is 16.5. The fourth-order valence-corrected chi connectivity index (χ4v) is 7.90. The molecule has 0 saturated carbocycles. The Labute approximate surface area is 272 Å². The second-order valence-electron chi connectivity index (χ2n) is 11.8. The van der Waals surface area contributed by atoms with Gasteiger partial charge in [-0.2, -0.15) is 0 Å². The van der Waals surface area contributed by atoms with Crippen molar-refractivity contribution in [2.24, 2.45) is 0 Å². The predicted octanol–water partition coefficient (Wildman–Crippen LogP) is 13.2. The SMILES string of the molecule is c1ccc(-c2ccc(N(c3cccc(-c4cccc5ccccc45)c3)c3ccc4cc5c(cc4c3)sc3ccccc35)cc2)cc1. The summed E-state index contributed by atoms with van der Waals surface area (Å²) in [6, 6.07) is 64.0. The largest absolute Gasteiger partial charge is 0.310 e. The molecule has 1 nitrogen and oxygen atoms in total. The maximum absolute atomic E-state index is 2.39. The van der Waals surface area contributed by atoms with Crippen molar-refractivity contribution in [3.63, 3.8) is 0 Å². The van der Waals surface area contributed by atoms with E-state index in [1.807, 2.05) is 11.3 Å². The molecule has 0 radical (unpaired) electrons. The van der Waals surface area contributed by atoms with Crippen LogP contribution in [-0.2, 0) is 0 Å². The highest BCUT2D eigenvalue weighted by Crippen LogP contribution is 2.41. The van der Waals surface area contributed by atoms with Crippen molar-refractivity contribution in [2.45, 2.75) is 0 Å². The van der Waals surface area contributed by atoms with E-state index in [2.05, 4.69) is 181 Å². The third kappa shape index (κ3) is 4.63. The number of rotatable bonds is 5. The third-order valence-corrected chi connectivity index (χ3v) is 10.1. The van der Waals surface area contributed by atoms with Gasteiger partial charge in [-0.3, -0.25) is 0 Å². The molecule has 9 aromatic rings. The summed E-state index contributed by atoms with van der Waals surface area (Å²) in [6.45, 7) is 0. The number of anilines is 3. The lowest BCUT2D eigenvalue weighted by Crippen LogP contribution is -2.10. The summed E-state index contributed by atoms with van der Waals surface area (Å²) in [7, 11) is 0. The molecule has 1 aromatic heterocycles. The zero-order chi connectivity index (χ0) is 30.5. The van der Waals surface area contributed by atoms with Crippen molar-refractivity contribution in [3.05, 3.63) is 176 Å². The zero-order valence-electron chi connectivity index (χ0n) is 25.1. The maximum Gasteiger partial charge on any atom is 0.0468 e. The first-order valence-electron chi connectivity index (χ1n) is 15.7. The van der Waals surface area contributed by atoms with Gasteiger partial charge in [0.1, 0.15) is 0 Å². The smallest absolute Gasteiger partial charge is 0.0468 e. The lowest BCUT2D eigenvalue weighted by Gasteiger charge is -2.27. The first kappa shape index (κ1) is 26.7. The summed E-state index contributed by atoms with van der Waals surface area (Å²) in [5.41, 5.74) is 8.25. The summed E-state index contributed by atoms with van der Waals surface area (Å²) in [4.78, 5) is 2.39. The standard InChI is InChI=1S/C44H29NS/c1-2-10-30(11-3-1)31-20-23-36(24-21-31)45(37-15-8-14-34(26-37)40-18-9-13-32-12-4-5-16-39(32)40)38-25-22-33-28-42-41-17-6-7-19-43(41)46-44(42)29-35(33)27-38/h1-29H. The second kappa shape index (κ2) is 11.0. The van der Waals surface area contributed by atoms with Crippen molar-refractivity contribution >= 4 is 70.1 Å². The van der Waals surface area contributed by atoms with Crippen LogP contribution < -0.4 is 4.90 Å². The third-order valence-electron chi connectivity index (χ3n) is 9.02. The summed E-state index contributed by atoms with van der Waals surface area (Å²) in [5, 5.41) is 7.67. The first-order chi connectivity index (χ1) is 22.8. The van der Waals surface area contributed by atoms with Gasteiger partial charge in [0.2, 0.25) is 0 Å². The molecule has 0 fully saturated rings. The summed E-state index contributed by atoms with van der Waals surface area (Å²) in [6.07, 6.45) is 0. The number of benzene rings is 8. The van der Waals surface area contributed by atoms with Gasteiger partial charge in [0.15, 0.2) is 0 Å². The number of hydrogen-bond donors (Lipinski definition) is 0. The van der Waals surface area contributed by atoms with E-state index in [0.717, 1.165) is 17.1 Å². The molecular weight excluding hydrogens is 575 g/mol. The van der Waals surface area contributed by atoms with Crippen LogP contribution >= 0.6 is 11.3 Å². The molecule has 9 rings (SSSR count). The van der Waals surface area contributed by atoms with E-state index >= 15 is 0 Å². The van der Waals surface area contributed by atoms with Crippen LogP contribution in [0.15, 0.2) is 176 Å². The molecule has 0 aliphatic heterocycles. The maximum atomic E-state index is 2.39. The van der Waals surface area contributed by atoms with Crippen molar-refractivity contribution in [1.82, 2.24) is 0 Å². The minimum absolute atomic E-state index is 1.12. The fourth-order valence-electron chi connectivity index (χ4n) is 6.77. The van der Waals surface area contributed by atoms with Crippen molar-refractivity contribution in [1.29, 1.82) is 0 Å². The molecule has 1 heterocycles. The van der Waals surface area contributed by atoms with E-state index in [4.69, 9.17) is 0 Å². The molecule has 216 valence electrons. The van der Waals surface area contributed by atoms with Crippen molar-refractivity contribution in [2.75, 3.05) is 4.90 Å². The highest BCUT2D eigenvalue weighted by atomic mass is 32.1. The zero-order valence-corrected chi connectivity index (χ0v) is 25.9. The van der Waals surface area contributed by atoms with Crippen molar-refractivity contribution < 1.29 is 0 Å². The van der Waals surface area contributed by atoms with Crippen molar-refractivity contribution in [3.8, 4) is 22.3 Å². The molecule has 0 bridgehead atoms. The van der Waals surface area contributed by atoms with E-state index in [0.29, 0.717) is 0 Å². The lowest BCUT2D eigenvalue weighted by molar-refractivity contribution is 1.29. The average Bonchev–Trinajstić information content (AvgIpc) is 3.48. The van der Waals surface area contributed by atoms with E-state index in [-0.39, 0.29) is 0 Å². The van der Waals surface area contributed by atoms with Gasteiger partial charge in [-0.15, -0.1) is 11.3 Å². The van der Waals surface area contributed by atoms with Crippen LogP contribution in [0.5, 0.6) is 0 Å². The Morgan fingerprint density at radius 2 is 1.00 bits per heavy atom. The van der Waals surface area contributed by atoms with Crippen LogP contribution in [0.3, 0.4) is 0 Å². The Kier molecular flexibility index (Phi) is 6.40. The van der Waals surface area contributed by atoms with Gasteiger partial charge >= 0.3 is 0 Å². The van der Waals surface area contributed by atoms with Crippen LogP contribution in [0.1, 0.15) is 0 Å². The fraction of sp³-hybridized carbons (Fsp3) is 0. The number of hydrogen-bond acceptors (Lipinski definition) is 2. The highest BCUT2D eigenvalue weighted by molar-refractivity contribution is 7.25. The van der Waals surface area contributed by atoms with Gasteiger partial charge in [-0.25, -0.2) is 0 Å². The van der Waals surface area contributed by atoms with E-state index in [1.54, 1.807) is 0 Å². The Morgan fingerprint density at radius 1 is 0.326 bits per heavy atom. The monoisotopic (exact) mass is 603 g/mol. The highest BCUT2D eigenvalue weighted by Gasteiger charge is 2.16. The van der Waals surface area contributed by atoms with Crippen LogP contribution in [0.4, 0.5) is 17.1 Å². The van der Waals surface area contributed by atoms with Gasteiger partial charge in [0, 0.05) is 37.2 Å². The molecule has 0 aliphatic rings. The molecule has 2 heteroatoms. The van der Waals surface area contributed by atoms with Gasteiger partial charge in [0.25, 0.3) is 0 Å². The lowest BCUT2D eigenvalue weighted by atomic mass is 9.97. The number of thiophene rings is 1. The number of fused-ring (bicyclic) bond motifs is 5. The number of nitrogens with zero attached hydrogens (tertiary/aromatic N) is 1. The summed E-state index contributed by atoms with van der Waals surface area (Å²) >= 11 is 1.87. The molecular formula is C44H29NS. The molecule has 46 heavy (non-hydrogen) atoms. The van der Waals surface area contributed by atoms with Gasteiger partial charge in [-0.1, -0.05) is 121 Å². The molecule has 8 aromatic carbocycles. The Balaban J connectivity index is 1.21. The minimum Gasteiger partial charge on any atom is -0.310 e. The van der Waals surface area contributed by atoms with Gasteiger partial charge in [-0.05, 0) is 98.4 Å². The summed E-state index contributed by atoms with van der Waals surface area (Å²) < 4.78 is 2.65. The molecule has 0 atom stereocenters. The summed E-state index contributed by atoms with van der Waals surface area (Å²) in [5.74, 6) is 0. The molecule has 0 amide bonds. The Morgan fingerprint density at radius 3 is 1.89 bits per heavy atom. The molecule has 0 N–H and O–H groups in total.